The van der Waals surface area contributed by atoms with Crippen LogP contribution in [0.25, 0.3) is 0 Å². The maximum atomic E-state index is 13.1. The second-order valence-corrected chi connectivity index (χ2v) is 9.93. The lowest BCUT2D eigenvalue weighted by Gasteiger charge is -2.39. The van der Waals surface area contributed by atoms with Crippen LogP contribution >= 0.6 is 0 Å². The largest absolute Gasteiger partial charge is 0.464 e. The molecule has 0 aromatic heterocycles. The summed E-state index contributed by atoms with van der Waals surface area (Å²) in [5.74, 6) is -0.766. The van der Waals surface area contributed by atoms with E-state index in [0.29, 0.717) is 19.6 Å². The van der Waals surface area contributed by atoms with Crippen LogP contribution in [0.5, 0.6) is 0 Å². The van der Waals surface area contributed by atoms with Gasteiger partial charge in [-0.05, 0) is 36.0 Å². The van der Waals surface area contributed by atoms with Crippen LogP contribution in [0.1, 0.15) is 87.0 Å². The summed E-state index contributed by atoms with van der Waals surface area (Å²) in [5.41, 5.74) is -1.41. The van der Waals surface area contributed by atoms with Crippen molar-refractivity contribution in [2.75, 3.05) is 13.2 Å². The van der Waals surface area contributed by atoms with Gasteiger partial charge in [0.15, 0.2) is 5.41 Å². The van der Waals surface area contributed by atoms with E-state index in [9.17, 15) is 9.59 Å². The zero-order chi connectivity index (χ0) is 19.3. The Hall–Kier alpha value is -1.06. The fourth-order valence-corrected chi connectivity index (χ4v) is 3.41. The normalized spacial score (nSPS) is 17.2. The van der Waals surface area contributed by atoms with Gasteiger partial charge in [0.05, 0.1) is 13.2 Å². The van der Waals surface area contributed by atoms with Gasteiger partial charge in [-0.25, -0.2) is 0 Å². The number of esters is 2. The molecule has 1 fully saturated rings. The Morgan fingerprint density at radius 1 is 0.800 bits per heavy atom. The lowest BCUT2D eigenvalue weighted by atomic mass is 9.67. The summed E-state index contributed by atoms with van der Waals surface area (Å²) >= 11 is 0. The first-order chi connectivity index (χ1) is 11.4. The van der Waals surface area contributed by atoms with Crippen molar-refractivity contribution in [3.05, 3.63) is 0 Å². The smallest absolute Gasteiger partial charge is 0.323 e. The van der Waals surface area contributed by atoms with E-state index in [1.807, 2.05) is 48.5 Å². The van der Waals surface area contributed by atoms with E-state index in [-0.39, 0.29) is 16.7 Å². The second-order valence-electron chi connectivity index (χ2n) is 9.93. The minimum atomic E-state index is -1.16. The molecule has 1 aliphatic rings. The Morgan fingerprint density at radius 3 is 1.52 bits per heavy atom. The standard InChI is InChI=1S/C21H38O4/c1-8-21(16-12-10-9-11-13-16,17(22)24-14-19(2,3)4)18(23)25-15-20(5,6)7/h16H,8-15H2,1-7H3. The Bertz CT molecular complexity index is 417. The molecule has 4 heteroatoms. The van der Waals surface area contributed by atoms with Gasteiger partial charge in [0.2, 0.25) is 0 Å². The number of hydrogen-bond acceptors (Lipinski definition) is 4. The molecule has 0 spiro atoms. The van der Waals surface area contributed by atoms with Gasteiger partial charge in [-0.1, -0.05) is 67.7 Å². The molecular formula is C21H38O4. The predicted octanol–water partition coefficient (Wildman–Crippen LogP) is 5.14. The molecule has 25 heavy (non-hydrogen) atoms. The molecule has 0 saturated heterocycles. The Kier molecular flexibility index (Phi) is 7.52. The highest BCUT2D eigenvalue weighted by Gasteiger charge is 2.53. The lowest BCUT2D eigenvalue weighted by molar-refractivity contribution is -0.182. The van der Waals surface area contributed by atoms with Crippen molar-refractivity contribution in [1.82, 2.24) is 0 Å². The van der Waals surface area contributed by atoms with Crippen molar-refractivity contribution in [3.63, 3.8) is 0 Å². The molecule has 0 heterocycles. The van der Waals surface area contributed by atoms with Crippen molar-refractivity contribution in [1.29, 1.82) is 0 Å². The number of carbonyl (C=O) groups excluding carboxylic acids is 2. The third-order valence-corrected chi connectivity index (χ3v) is 4.86. The maximum absolute atomic E-state index is 13.1. The van der Waals surface area contributed by atoms with Gasteiger partial charge in [-0.15, -0.1) is 0 Å². The quantitative estimate of drug-likeness (QED) is 0.489. The average molecular weight is 355 g/mol. The zero-order valence-electron chi connectivity index (χ0n) is 17.4. The van der Waals surface area contributed by atoms with E-state index >= 15 is 0 Å². The molecule has 4 nitrogen and oxygen atoms in total. The topological polar surface area (TPSA) is 52.6 Å². The molecule has 1 aliphatic carbocycles. The summed E-state index contributed by atoms with van der Waals surface area (Å²) < 4.78 is 11.3. The maximum Gasteiger partial charge on any atom is 0.323 e. The van der Waals surface area contributed by atoms with Crippen LogP contribution < -0.4 is 0 Å². The second kappa shape index (κ2) is 8.55. The van der Waals surface area contributed by atoms with E-state index in [2.05, 4.69) is 0 Å². The minimum Gasteiger partial charge on any atom is -0.464 e. The molecule has 0 atom stereocenters. The van der Waals surface area contributed by atoms with Crippen molar-refractivity contribution in [2.45, 2.75) is 87.0 Å². The summed E-state index contributed by atoms with van der Waals surface area (Å²) in [6.07, 6.45) is 5.51. The van der Waals surface area contributed by atoms with Crippen molar-refractivity contribution in [2.24, 2.45) is 22.2 Å². The zero-order valence-corrected chi connectivity index (χ0v) is 17.4. The van der Waals surface area contributed by atoms with Crippen molar-refractivity contribution >= 4 is 11.9 Å². The van der Waals surface area contributed by atoms with Gasteiger partial charge in [0.1, 0.15) is 0 Å². The lowest BCUT2D eigenvalue weighted by Crippen LogP contribution is -2.49. The molecule has 0 radical (unpaired) electrons. The molecule has 0 bridgehead atoms. The highest BCUT2D eigenvalue weighted by atomic mass is 16.6. The van der Waals surface area contributed by atoms with Crippen LogP contribution in [-0.2, 0) is 19.1 Å². The number of ether oxygens (including phenoxy) is 2. The number of rotatable bonds is 6. The first kappa shape index (κ1) is 22.0. The Labute approximate surface area is 154 Å². The molecule has 0 unspecified atom stereocenters. The van der Waals surface area contributed by atoms with Crippen LogP contribution in [0.2, 0.25) is 0 Å². The van der Waals surface area contributed by atoms with E-state index in [0.717, 1.165) is 25.7 Å². The van der Waals surface area contributed by atoms with E-state index in [1.165, 1.54) is 6.42 Å². The molecule has 0 amide bonds. The van der Waals surface area contributed by atoms with Gasteiger partial charge in [0.25, 0.3) is 0 Å². The summed E-state index contributed by atoms with van der Waals surface area (Å²) in [7, 11) is 0. The average Bonchev–Trinajstić information content (AvgIpc) is 2.52. The van der Waals surface area contributed by atoms with Gasteiger partial charge in [-0.3, -0.25) is 9.59 Å². The summed E-state index contributed by atoms with van der Waals surface area (Å²) in [6.45, 7) is 14.7. The van der Waals surface area contributed by atoms with E-state index in [4.69, 9.17) is 9.47 Å². The molecule has 0 aromatic carbocycles. The first-order valence-electron chi connectivity index (χ1n) is 9.77. The fraction of sp³-hybridized carbons (Fsp3) is 0.905. The predicted molar refractivity (Wildman–Crippen MR) is 100 cm³/mol. The van der Waals surface area contributed by atoms with Crippen LogP contribution in [-0.4, -0.2) is 25.2 Å². The summed E-state index contributed by atoms with van der Waals surface area (Å²) in [4.78, 5) is 26.2. The van der Waals surface area contributed by atoms with Crippen LogP contribution in [0.3, 0.4) is 0 Å². The molecular weight excluding hydrogens is 316 g/mol. The van der Waals surface area contributed by atoms with Gasteiger partial charge in [-0.2, -0.15) is 0 Å². The van der Waals surface area contributed by atoms with Gasteiger partial charge < -0.3 is 9.47 Å². The minimum absolute atomic E-state index is 0.0196. The summed E-state index contributed by atoms with van der Waals surface area (Å²) in [6, 6.07) is 0. The first-order valence-corrected chi connectivity index (χ1v) is 9.77. The Morgan fingerprint density at radius 2 is 1.20 bits per heavy atom. The molecule has 146 valence electrons. The van der Waals surface area contributed by atoms with Crippen LogP contribution in [0.4, 0.5) is 0 Å². The monoisotopic (exact) mass is 354 g/mol. The highest BCUT2D eigenvalue weighted by Crippen LogP contribution is 2.44. The summed E-state index contributed by atoms with van der Waals surface area (Å²) in [5, 5.41) is 0. The van der Waals surface area contributed by atoms with E-state index in [1.54, 1.807) is 0 Å². The fourth-order valence-electron chi connectivity index (χ4n) is 3.41. The number of hydrogen-bond donors (Lipinski definition) is 0. The van der Waals surface area contributed by atoms with Gasteiger partial charge in [0, 0.05) is 0 Å². The molecule has 1 rings (SSSR count). The molecule has 0 aromatic rings. The third kappa shape index (κ3) is 6.31. The van der Waals surface area contributed by atoms with E-state index < -0.39 is 17.4 Å². The molecule has 0 N–H and O–H groups in total. The number of carbonyl (C=O) groups is 2. The SMILES string of the molecule is CCC(C(=O)OCC(C)(C)C)(C(=O)OCC(C)(C)C)C1CCCCC1. The highest BCUT2D eigenvalue weighted by molar-refractivity contribution is 6.00. The van der Waals surface area contributed by atoms with Crippen LogP contribution in [0.15, 0.2) is 0 Å². The molecule has 0 aliphatic heterocycles. The van der Waals surface area contributed by atoms with Crippen molar-refractivity contribution < 1.29 is 19.1 Å². The van der Waals surface area contributed by atoms with Crippen molar-refractivity contribution in [3.8, 4) is 0 Å². The third-order valence-electron chi connectivity index (χ3n) is 4.86. The van der Waals surface area contributed by atoms with Crippen LogP contribution in [0, 0.1) is 22.2 Å². The Balaban J connectivity index is 3.05. The van der Waals surface area contributed by atoms with Gasteiger partial charge >= 0.3 is 11.9 Å². The molecule has 1 saturated carbocycles.